The average molecular weight is 273 g/mol. The molecule has 4 heteroatoms. The maximum absolute atomic E-state index is 5.71. The highest BCUT2D eigenvalue weighted by Gasteiger charge is 2.26. The molecule has 108 valence electrons. The molecule has 2 aromatic rings. The summed E-state index contributed by atoms with van der Waals surface area (Å²) >= 11 is 0. The topological polar surface area (TPSA) is 42.2 Å². The van der Waals surface area contributed by atoms with Gasteiger partial charge in [0.2, 0.25) is 11.8 Å². The molecule has 0 N–H and O–H groups in total. The zero-order valence-electron chi connectivity index (χ0n) is 12.5. The van der Waals surface area contributed by atoms with Gasteiger partial charge >= 0.3 is 0 Å². The van der Waals surface area contributed by atoms with Crippen molar-refractivity contribution in [1.82, 2.24) is 15.1 Å². The average Bonchev–Trinajstić information content (AvgIpc) is 2.87. The van der Waals surface area contributed by atoms with Gasteiger partial charge in [0.15, 0.2) is 0 Å². The first-order chi connectivity index (χ1) is 9.76. The van der Waals surface area contributed by atoms with Crippen LogP contribution in [0.2, 0.25) is 0 Å². The van der Waals surface area contributed by atoms with Gasteiger partial charge in [0, 0.05) is 6.92 Å². The van der Waals surface area contributed by atoms with E-state index in [1.807, 2.05) is 13.0 Å². The molecule has 0 amide bonds. The maximum Gasteiger partial charge on any atom is 0.238 e. The number of benzene rings is 1. The fraction of sp³-hybridized carbons (Fsp3) is 0.500. The van der Waals surface area contributed by atoms with E-state index in [2.05, 4.69) is 53.2 Å². The molecule has 20 heavy (non-hydrogen) atoms. The second-order valence-electron chi connectivity index (χ2n) is 5.01. The van der Waals surface area contributed by atoms with Crippen LogP contribution >= 0.6 is 0 Å². The molecular formula is C16H23N3O. The van der Waals surface area contributed by atoms with Crippen molar-refractivity contribution in [3.05, 3.63) is 47.7 Å². The molecule has 0 radical (unpaired) electrons. The van der Waals surface area contributed by atoms with E-state index in [4.69, 9.17) is 4.42 Å². The Morgan fingerprint density at radius 1 is 1.05 bits per heavy atom. The molecular weight excluding hydrogens is 250 g/mol. The van der Waals surface area contributed by atoms with Gasteiger partial charge in [-0.3, -0.25) is 4.90 Å². The lowest BCUT2D eigenvalue weighted by molar-refractivity contribution is 0.197. The fourth-order valence-corrected chi connectivity index (χ4v) is 2.51. The first-order valence-corrected chi connectivity index (χ1v) is 7.35. The van der Waals surface area contributed by atoms with Crippen LogP contribution in [-0.4, -0.2) is 28.2 Å². The van der Waals surface area contributed by atoms with Gasteiger partial charge in [-0.1, -0.05) is 44.2 Å². The molecule has 0 aliphatic rings. The van der Waals surface area contributed by atoms with E-state index in [1.165, 1.54) is 5.56 Å². The summed E-state index contributed by atoms with van der Waals surface area (Å²) in [7, 11) is 0. The van der Waals surface area contributed by atoms with E-state index < -0.39 is 0 Å². The maximum atomic E-state index is 5.71. The summed E-state index contributed by atoms with van der Waals surface area (Å²) in [6.07, 6.45) is 2.22. The number of aryl methyl sites for hydroxylation is 1. The Kier molecular flexibility index (Phi) is 5.30. The molecule has 2 rings (SSSR count). The Hall–Kier alpha value is -1.68. The van der Waals surface area contributed by atoms with Gasteiger partial charge in [0.25, 0.3) is 0 Å². The summed E-state index contributed by atoms with van der Waals surface area (Å²) in [5.74, 6) is 1.31. The lowest BCUT2D eigenvalue weighted by Gasteiger charge is -2.29. The number of aromatic nitrogens is 2. The summed E-state index contributed by atoms with van der Waals surface area (Å²) in [6.45, 7) is 8.28. The molecule has 0 aliphatic carbocycles. The van der Waals surface area contributed by atoms with Crippen LogP contribution in [0.15, 0.2) is 34.7 Å². The van der Waals surface area contributed by atoms with Crippen molar-refractivity contribution < 1.29 is 4.42 Å². The predicted octanol–water partition coefficient (Wildman–Crippen LogP) is 3.59. The predicted molar refractivity (Wildman–Crippen MR) is 79.5 cm³/mol. The van der Waals surface area contributed by atoms with Crippen LogP contribution < -0.4 is 0 Å². The first kappa shape index (κ1) is 14.7. The number of hydrogen-bond donors (Lipinski definition) is 0. The highest BCUT2D eigenvalue weighted by Crippen LogP contribution is 2.28. The lowest BCUT2D eigenvalue weighted by atomic mass is 10.0. The third-order valence-electron chi connectivity index (χ3n) is 3.28. The zero-order valence-corrected chi connectivity index (χ0v) is 12.5. The third kappa shape index (κ3) is 3.45. The van der Waals surface area contributed by atoms with Crippen molar-refractivity contribution in [3.63, 3.8) is 0 Å². The largest absolute Gasteiger partial charge is 0.423 e. The minimum Gasteiger partial charge on any atom is -0.423 e. The van der Waals surface area contributed by atoms with Crippen molar-refractivity contribution in [3.8, 4) is 0 Å². The van der Waals surface area contributed by atoms with E-state index in [9.17, 15) is 0 Å². The van der Waals surface area contributed by atoms with Crippen LogP contribution in [0.4, 0.5) is 0 Å². The molecule has 1 aromatic heterocycles. The van der Waals surface area contributed by atoms with E-state index >= 15 is 0 Å². The van der Waals surface area contributed by atoms with Crippen LogP contribution in [0.5, 0.6) is 0 Å². The van der Waals surface area contributed by atoms with E-state index in [0.29, 0.717) is 11.8 Å². The Balaban J connectivity index is 2.37. The lowest BCUT2D eigenvalue weighted by Crippen LogP contribution is -2.31. The zero-order chi connectivity index (χ0) is 14.4. The quantitative estimate of drug-likeness (QED) is 0.773. The number of hydrogen-bond acceptors (Lipinski definition) is 4. The van der Waals surface area contributed by atoms with E-state index in [1.54, 1.807) is 0 Å². The summed E-state index contributed by atoms with van der Waals surface area (Å²) in [5, 5.41) is 8.24. The molecule has 4 nitrogen and oxygen atoms in total. The fourth-order valence-electron chi connectivity index (χ4n) is 2.51. The minimum atomic E-state index is 0.0531. The standard InChI is InChI=1S/C16H23N3O/c1-4-11-19(12-5-2)15(14-9-7-6-8-10-14)16-18-17-13(3)20-16/h6-10,15H,4-5,11-12H2,1-3H3. The third-order valence-corrected chi connectivity index (χ3v) is 3.28. The van der Waals surface area contributed by atoms with Crippen LogP contribution in [0.25, 0.3) is 0 Å². The van der Waals surface area contributed by atoms with Crippen LogP contribution in [0.3, 0.4) is 0 Å². The molecule has 1 aromatic carbocycles. The molecule has 0 fully saturated rings. The van der Waals surface area contributed by atoms with Gasteiger partial charge in [-0.2, -0.15) is 0 Å². The Labute approximate surface area is 120 Å². The van der Waals surface area contributed by atoms with Crippen molar-refractivity contribution >= 4 is 0 Å². The highest BCUT2D eigenvalue weighted by molar-refractivity contribution is 5.23. The summed E-state index contributed by atoms with van der Waals surface area (Å²) < 4.78 is 5.71. The second-order valence-corrected chi connectivity index (χ2v) is 5.01. The van der Waals surface area contributed by atoms with Crippen LogP contribution in [0.1, 0.15) is 50.1 Å². The highest BCUT2D eigenvalue weighted by atomic mass is 16.4. The number of rotatable bonds is 7. The van der Waals surface area contributed by atoms with Gasteiger partial charge in [0.1, 0.15) is 6.04 Å². The Morgan fingerprint density at radius 2 is 1.70 bits per heavy atom. The van der Waals surface area contributed by atoms with Gasteiger partial charge < -0.3 is 4.42 Å². The Bertz CT molecular complexity index is 503. The normalized spacial score (nSPS) is 12.8. The van der Waals surface area contributed by atoms with Crippen LogP contribution in [0, 0.1) is 6.92 Å². The summed E-state index contributed by atoms with van der Waals surface area (Å²) in [6, 6.07) is 10.5. The molecule has 1 unspecified atom stereocenters. The SMILES string of the molecule is CCCN(CCC)C(c1ccccc1)c1nnc(C)o1. The van der Waals surface area contributed by atoms with Crippen molar-refractivity contribution in [1.29, 1.82) is 0 Å². The molecule has 0 spiro atoms. The Morgan fingerprint density at radius 3 is 2.20 bits per heavy atom. The molecule has 1 atom stereocenters. The van der Waals surface area contributed by atoms with Crippen molar-refractivity contribution in [2.75, 3.05) is 13.1 Å². The van der Waals surface area contributed by atoms with Crippen molar-refractivity contribution in [2.45, 2.75) is 39.7 Å². The molecule has 0 saturated heterocycles. The molecule has 0 saturated carbocycles. The first-order valence-electron chi connectivity index (χ1n) is 7.35. The molecule has 1 heterocycles. The molecule has 0 aliphatic heterocycles. The van der Waals surface area contributed by atoms with Crippen LogP contribution in [-0.2, 0) is 0 Å². The van der Waals surface area contributed by atoms with Crippen molar-refractivity contribution in [2.24, 2.45) is 0 Å². The van der Waals surface area contributed by atoms with Gasteiger partial charge in [-0.15, -0.1) is 10.2 Å². The summed E-state index contributed by atoms with van der Waals surface area (Å²) in [5.41, 5.74) is 1.21. The van der Waals surface area contributed by atoms with Gasteiger partial charge in [0.05, 0.1) is 0 Å². The number of nitrogens with zero attached hydrogens (tertiary/aromatic N) is 3. The monoisotopic (exact) mass is 273 g/mol. The van der Waals surface area contributed by atoms with E-state index in [0.717, 1.165) is 25.9 Å². The second kappa shape index (κ2) is 7.20. The minimum absolute atomic E-state index is 0.0531. The van der Waals surface area contributed by atoms with Gasteiger partial charge in [-0.25, -0.2) is 0 Å². The summed E-state index contributed by atoms with van der Waals surface area (Å²) in [4.78, 5) is 2.42. The molecule has 0 bridgehead atoms. The smallest absolute Gasteiger partial charge is 0.238 e. The van der Waals surface area contributed by atoms with E-state index in [-0.39, 0.29) is 6.04 Å². The van der Waals surface area contributed by atoms with Gasteiger partial charge in [-0.05, 0) is 31.5 Å².